The lowest BCUT2D eigenvalue weighted by atomic mass is 10.0. The van der Waals surface area contributed by atoms with Gasteiger partial charge in [0.25, 0.3) is 0 Å². The molecule has 0 bridgehead atoms. The molecule has 1 aliphatic rings. The van der Waals surface area contributed by atoms with Crippen LogP contribution in [0, 0.1) is 0 Å². The van der Waals surface area contributed by atoms with E-state index in [1.807, 2.05) is 18.2 Å². The first-order valence-electron chi connectivity index (χ1n) is 5.99. The number of quaternary nitrogens is 1. The second-order valence-corrected chi connectivity index (χ2v) is 4.32. The monoisotopic (exact) mass is 289 g/mol. The van der Waals surface area contributed by atoms with Crippen LogP contribution >= 0.6 is 0 Å². The molecule has 0 unspecified atom stereocenters. The van der Waals surface area contributed by atoms with E-state index in [-0.39, 0.29) is 6.04 Å². The van der Waals surface area contributed by atoms with Crippen molar-refractivity contribution in [2.75, 3.05) is 6.54 Å². The zero-order valence-electron chi connectivity index (χ0n) is 10.5. The topological polar surface area (TPSA) is 73.8 Å². The van der Waals surface area contributed by atoms with E-state index in [1.54, 1.807) is 0 Å². The summed E-state index contributed by atoms with van der Waals surface area (Å²) in [5.74, 6) is -2.60. The third-order valence-corrected chi connectivity index (χ3v) is 2.79. The molecule has 110 valence electrons. The molecule has 7 heteroatoms. The summed E-state index contributed by atoms with van der Waals surface area (Å²) in [5, 5.41) is 10.9. The van der Waals surface area contributed by atoms with Gasteiger partial charge >= 0.3 is 6.18 Å². The number of ketones is 1. The van der Waals surface area contributed by atoms with Gasteiger partial charge in [-0.05, 0) is 5.56 Å². The molecule has 4 nitrogen and oxygen atoms in total. The van der Waals surface area contributed by atoms with E-state index in [0.29, 0.717) is 5.78 Å². The summed E-state index contributed by atoms with van der Waals surface area (Å²) in [7, 11) is 0. The number of Topliss-reactive ketones (excluding diaryl/α,β-unsaturated/α-hetero) is 1. The number of alkyl halides is 3. The van der Waals surface area contributed by atoms with Gasteiger partial charge in [0, 0.05) is 6.42 Å². The number of carbonyl (C=O) groups excluding carboxylic acids is 2. The molecule has 1 fully saturated rings. The van der Waals surface area contributed by atoms with Crippen LogP contribution in [-0.2, 0) is 16.0 Å². The largest absolute Gasteiger partial charge is 0.542 e. The predicted octanol–water partition coefficient (Wildman–Crippen LogP) is -0.567. The lowest BCUT2D eigenvalue weighted by Gasteiger charge is -2.04. The van der Waals surface area contributed by atoms with Gasteiger partial charge < -0.3 is 15.2 Å². The van der Waals surface area contributed by atoms with E-state index >= 15 is 0 Å². The van der Waals surface area contributed by atoms with Crippen LogP contribution < -0.4 is 10.4 Å². The fraction of sp³-hybridized carbons (Fsp3) is 0.385. The Balaban J connectivity index is 0.000000246. The van der Waals surface area contributed by atoms with Gasteiger partial charge in [-0.25, -0.2) is 0 Å². The van der Waals surface area contributed by atoms with Crippen molar-refractivity contribution >= 4 is 11.8 Å². The second-order valence-electron chi connectivity index (χ2n) is 4.32. The molecule has 2 rings (SSSR count). The average Bonchev–Trinajstić information content (AvgIpc) is 2.76. The van der Waals surface area contributed by atoms with Crippen LogP contribution in [0.2, 0.25) is 0 Å². The second kappa shape index (κ2) is 7.04. The number of carboxylic acid groups (broad SMARTS) is 1. The van der Waals surface area contributed by atoms with Crippen LogP contribution in [0.4, 0.5) is 13.2 Å². The van der Waals surface area contributed by atoms with Crippen molar-refractivity contribution in [1.29, 1.82) is 0 Å². The van der Waals surface area contributed by atoms with Crippen LogP contribution in [0.3, 0.4) is 0 Å². The lowest BCUT2D eigenvalue weighted by Crippen LogP contribution is -2.88. The minimum absolute atomic E-state index is 0.183. The summed E-state index contributed by atoms with van der Waals surface area (Å²) in [6.45, 7) is 0.969. The highest BCUT2D eigenvalue weighted by Crippen LogP contribution is 2.11. The number of halogens is 3. The predicted molar refractivity (Wildman–Crippen MR) is 61.4 cm³/mol. The minimum atomic E-state index is -5.19. The number of hydrogen-bond donors (Lipinski definition) is 1. The third-order valence-electron chi connectivity index (χ3n) is 2.79. The molecule has 0 aliphatic carbocycles. The highest BCUT2D eigenvalue weighted by atomic mass is 19.4. The molecule has 1 aromatic rings. The summed E-state index contributed by atoms with van der Waals surface area (Å²) in [6.07, 6.45) is -3.56. The molecule has 0 radical (unpaired) electrons. The Kier molecular flexibility index (Phi) is 5.69. The van der Waals surface area contributed by atoms with Crippen molar-refractivity contribution in [3.63, 3.8) is 0 Å². The Bertz CT molecular complexity index is 460. The Morgan fingerprint density at radius 3 is 2.25 bits per heavy atom. The SMILES string of the molecule is O=C([O-])C(F)(F)F.O=C1CC[NH2+][C@@H]1Cc1ccccc1. The Morgan fingerprint density at radius 1 is 1.30 bits per heavy atom. The molecule has 0 amide bonds. The van der Waals surface area contributed by atoms with E-state index in [1.165, 1.54) is 5.56 Å². The summed E-state index contributed by atoms with van der Waals surface area (Å²) in [5.41, 5.74) is 1.26. The van der Waals surface area contributed by atoms with E-state index in [2.05, 4.69) is 17.4 Å². The van der Waals surface area contributed by atoms with E-state index in [9.17, 15) is 18.0 Å². The van der Waals surface area contributed by atoms with Gasteiger partial charge in [-0.1, -0.05) is 30.3 Å². The number of benzene rings is 1. The summed E-state index contributed by atoms with van der Waals surface area (Å²) < 4.78 is 31.5. The summed E-state index contributed by atoms with van der Waals surface area (Å²) >= 11 is 0. The molecule has 1 saturated heterocycles. The minimum Gasteiger partial charge on any atom is -0.542 e. The van der Waals surface area contributed by atoms with E-state index in [4.69, 9.17) is 9.90 Å². The van der Waals surface area contributed by atoms with Gasteiger partial charge in [0.15, 0.2) is 5.78 Å². The molecule has 0 aromatic heterocycles. The van der Waals surface area contributed by atoms with E-state index < -0.39 is 12.1 Å². The quantitative estimate of drug-likeness (QED) is 0.792. The van der Waals surface area contributed by atoms with Crippen LogP contribution in [0.1, 0.15) is 12.0 Å². The fourth-order valence-electron chi connectivity index (χ4n) is 1.81. The van der Waals surface area contributed by atoms with E-state index in [0.717, 1.165) is 19.4 Å². The van der Waals surface area contributed by atoms with Gasteiger partial charge in [-0.2, -0.15) is 13.2 Å². The maximum absolute atomic E-state index is 11.3. The van der Waals surface area contributed by atoms with Crippen molar-refractivity contribution < 1.29 is 33.2 Å². The molecular weight excluding hydrogens is 275 g/mol. The van der Waals surface area contributed by atoms with Crippen molar-refractivity contribution in [3.8, 4) is 0 Å². The van der Waals surface area contributed by atoms with Crippen molar-refractivity contribution in [2.45, 2.75) is 25.1 Å². The Hall–Kier alpha value is -1.89. The molecule has 2 N–H and O–H groups in total. The Labute approximate surface area is 113 Å². The normalized spacial score (nSPS) is 18.4. The summed E-state index contributed by atoms with van der Waals surface area (Å²) in [4.78, 5) is 20.1. The number of carboxylic acids is 1. The lowest BCUT2D eigenvalue weighted by molar-refractivity contribution is -0.662. The van der Waals surface area contributed by atoms with Gasteiger partial charge in [0.1, 0.15) is 12.0 Å². The van der Waals surface area contributed by atoms with Gasteiger partial charge in [-0.3, -0.25) is 4.79 Å². The molecular formula is C13H14F3NO3. The van der Waals surface area contributed by atoms with Crippen LogP contribution in [0.15, 0.2) is 30.3 Å². The average molecular weight is 289 g/mol. The first kappa shape index (κ1) is 16.2. The number of rotatable bonds is 2. The smallest absolute Gasteiger partial charge is 0.430 e. The highest BCUT2D eigenvalue weighted by molar-refractivity contribution is 5.84. The number of carbonyl (C=O) groups is 2. The van der Waals surface area contributed by atoms with Crippen LogP contribution in [0.25, 0.3) is 0 Å². The molecule has 1 heterocycles. The van der Waals surface area contributed by atoms with Gasteiger partial charge in [0.05, 0.1) is 13.0 Å². The fourth-order valence-corrected chi connectivity index (χ4v) is 1.81. The van der Waals surface area contributed by atoms with Crippen LogP contribution in [0.5, 0.6) is 0 Å². The Morgan fingerprint density at radius 2 is 1.85 bits per heavy atom. The maximum atomic E-state index is 11.3. The molecule has 1 atom stereocenters. The maximum Gasteiger partial charge on any atom is 0.430 e. The molecule has 1 aromatic carbocycles. The zero-order valence-corrected chi connectivity index (χ0v) is 10.5. The standard InChI is InChI=1S/C11H13NO.C2HF3O2/c13-11-6-7-12-10(11)8-9-4-2-1-3-5-9;3-2(4,5)1(6)7/h1-5,10,12H,6-8H2;(H,6,7)/t10-;/m1./s1. The zero-order chi connectivity index (χ0) is 15.2. The number of nitrogens with two attached hydrogens (primary N) is 1. The van der Waals surface area contributed by atoms with Crippen LogP contribution in [-0.4, -0.2) is 30.5 Å². The van der Waals surface area contributed by atoms with Crippen molar-refractivity contribution in [1.82, 2.24) is 0 Å². The van der Waals surface area contributed by atoms with Gasteiger partial charge in [-0.15, -0.1) is 0 Å². The van der Waals surface area contributed by atoms with Crippen molar-refractivity contribution in [3.05, 3.63) is 35.9 Å². The third kappa shape index (κ3) is 5.40. The van der Waals surface area contributed by atoms with Gasteiger partial charge in [0.2, 0.25) is 0 Å². The first-order valence-corrected chi connectivity index (χ1v) is 5.99. The number of hydrogen-bond acceptors (Lipinski definition) is 3. The summed E-state index contributed by atoms with van der Waals surface area (Å²) in [6, 6.07) is 10.4. The highest BCUT2D eigenvalue weighted by Gasteiger charge is 2.29. The first-order chi connectivity index (χ1) is 9.30. The van der Waals surface area contributed by atoms with Crippen molar-refractivity contribution in [2.24, 2.45) is 0 Å². The molecule has 0 spiro atoms. The molecule has 0 saturated carbocycles. The molecule has 20 heavy (non-hydrogen) atoms. The number of aliphatic carboxylic acids is 1. The molecule has 1 aliphatic heterocycles.